The molecule has 2 fully saturated rings. The minimum atomic E-state index is -1.29. The predicted molar refractivity (Wildman–Crippen MR) is 96.8 cm³/mol. The summed E-state index contributed by atoms with van der Waals surface area (Å²) in [6.45, 7) is 5.26. The first kappa shape index (κ1) is 22.4. The van der Waals surface area contributed by atoms with Crippen LogP contribution in [0.25, 0.3) is 0 Å². The van der Waals surface area contributed by atoms with Crippen LogP contribution in [-0.4, -0.2) is 53.4 Å². The monoisotopic (exact) mass is 413 g/mol. The zero-order valence-corrected chi connectivity index (χ0v) is 16.8. The number of amides is 4. The molecule has 0 radical (unpaired) electrons. The number of urea groups is 1. The van der Waals surface area contributed by atoms with Crippen molar-refractivity contribution in [2.75, 3.05) is 0 Å². The molecule has 2 aliphatic rings. The van der Waals surface area contributed by atoms with E-state index in [1.807, 2.05) is 6.92 Å². The van der Waals surface area contributed by atoms with E-state index in [0.29, 0.717) is 17.9 Å². The Hall–Kier alpha value is -2.85. The summed E-state index contributed by atoms with van der Waals surface area (Å²) in [6, 6.07) is -0.132. The second kappa shape index (κ2) is 10.1. The van der Waals surface area contributed by atoms with E-state index >= 15 is 0 Å². The Labute approximate surface area is 168 Å². The van der Waals surface area contributed by atoms with Crippen molar-refractivity contribution >= 4 is 30.0 Å². The second-order valence-electron chi connectivity index (χ2n) is 7.40. The van der Waals surface area contributed by atoms with Crippen molar-refractivity contribution in [1.29, 1.82) is 0 Å². The molecule has 0 aromatic carbocycles. The van der Waals surface area contributed by atoms with Gasteiger partial charge >= 0.3 is 18.2 Å². The lowest BCUT2D eigenvalue weighted by molar-refractivity contribution is -0.199. The van der Waals surface area contributed by atoms with Crippen molar-refractivity contribution in [3.63, 3.8) is 0 Å². The van der Waals surface area contributed by atoms with E-state index in [9.17, 15) is 24.0 Å². The Morgan fingerprint density at radius 3 is 2.28 bits per heavy atom. The van der Waals surface area contributed by atoms with Crippen LogP contribution >= 0.6 is 0 Å². The molecule has 162 valence electrons. The average Bonchev–Trinajstić information content (AvgIpc) is 3.13. The fraction of sp³-hybridized carbons (Fsp3) is 0.722. The summed E-state index contributed by atoms with van der Waals surface area (Å²) in [7, 11) is 0. The van der Waals surface area contributed by atoms with Gasteiger partial charge in [-0.1, -0.05) is 25.3 Å². The summed E-state index contributed by atoms with van der Waals surface area (Å²) in [5.74, 6) is -2.18. The van der Waals surface area contributed by atoms with Gasteiger partial charge in [-0.05, 0) is 19.8 Å². The summed E-state index contributed by atoms with van der Waals surface area (Å²) < 4.78 is 10.1. The number of imide groups is 1. The lowest BCUT2D eigenvalue weighted by Crippen LogP contribution is -2.36. The largest absolute Gasteiger partial charge is 0.537 e. The van der Waals surface area contributed by atoms with Crippen molar-refractivity contribution in [2.45, 2.75) is 77.7 Å². The van der Waals surface area contributed by atoms with Gasteiger partial charge in [-0.15, -0.1) is 0 Å². The molecule has 2 N–H and O–H groups in total. The van der Waals surface area contributed by atoms with Gasteiger partial charge in [0.15, 0.2) is 0 Å². The first-order valence-corrected chi connectivity index (χ1v) is 9.68. The van der Waals surface area contributed by atoms with Gasteiger partial charge in [0.25, 0.3) is 18.1 Å². The minimum absolute atomic E-state index is 0.0241. The topological polar surface area (TPSA) is 140 Å². The van der Waals surface area contributed by atoms with E-state index in [1.165, 1.54) is 0 Å². The number of carbonyl (C=O) groups is 5. The normalized spacial score (nSPS) is 22.3. The van der Waals surface area contributed by atoms with E-state index in [-0.39, 0.29) is 43.3 Å². The lowest BCUT2D eigenvalue weighted by atomic mass is 10.0. The molecule has 0 spiro atoms. The molecule has 0 aromatic rings. The summed E-state index contributed by atoms with van der Waals surface area (Å²) >= 11 is 0. The van der Waals surface area contributed by atoms with Crippen LogP contribution in [0.3, 0.4) is 0 Å². The number of hydrogen-bond donors (Lipinski definition) is 2. The van der Waals surface area contributed by atoms with Gasteiger partial charge in [-0.2, -0.15) is 0 Å². The van der Waals surface area contributed by atoms with E-state index in [4.69, 9.17) is 9.47 Å². The van der Waals surface area contributed by atoms with E-state index in [1.54, 1.807) is 13.8 Å². The molecule has 2 saturated heterocycles. The molecule has 0 aliphatic carbocycles. The molecular formula is C18H27N3O8. The van der Waals surface area contributed by atoms with Gasteiger partial charge in [0.05, 0.1) is 6.04 Å². The molecular weight excluding hydrogens is 386 g/mol. The Balaban J connectivity index is 1.71. The molecule has 0 aromatic heterocycles. The number of carbonyl (C=O) groups excluding carboxylic acids is 5. The number of hydrogen-bond acceptors (Lipinski definition) is 8. The summed E-state index contributed by atoms with van der Waals surface area (Å²) in [4.78, 5) is 62.6. The van der Waals surface area contributed by atoms with Crippen LogP contribution in [0.1, 0.15) is 59.3 Å². The first-order valence-electron chi connectivity index (χ1n) is 9.68. The molecule has 3 unspecified atom stereocenters. The molecule has 4 amide bonds. The van der Waals surface area contributed by atoms with Crippen molar-refractivity contribution < 1.29 is 38.3 Å². The molecule has 0 saturated carbocycles. The zero-order chi connectivity index (χ0) is 21.6. The van der Waals surface area contributed by atoms with E-state index in [0.717, 1.165) is 6.42 Å². The van der Waals surface area contributed by atoms with Crippen LogP contribution in [0.2, 0.25) is 0 Å². The first-order chi connectivity index (χ1) is 13.7. The van der Waals surface area contributed by atoms with Crippen LogP contribution in [0.15, 0.2) is 0 Å². The third-order valence-electron chi connectivity index (χ3n) is 4.60. The quantitative estimate of drug-likeness (QED) is 0.250. The van der Waals surface area contributed by atoms with Crippen molar-refractivity contribution in [1.82, 2.24) is 15.7 Å². The number of unbranched alkanes of at least 4 members (excludes halogenated alkanes) is 1. The predicted octanol–water partition coefficient (Wildman–Crippen LogP) is 1.36. The van der Waals surface area contributed by atoms with Crippen LogP contribution in [0, 0.1) is 5.92 Å². The molecule has 11 nitrogen and oxygen atoms in total. The maximum atomic E-state index is 12.0. The highest BCUT2D eigenvalue weighted by molar-refractivity contribution is 6.01. The van der Waals surface area contributed by atoms with Gasteiger partial charge in [0, 0.05) is 31.2 Å². The average molecular weight is 413 g/mol. The Morgan fingerprint density at radius 1 is 1.07 bits per heavy atom. The summed E-state index contributed by atoms with van der Waals surface area (Å²) in [6.07, 6.45) is -0.471. The second-order valence-corrected chi connectivity index (χ2v) is 7.40. The highest BCUT2D eigenvalue weighted by atomic mass is 16.9. The highest BCUT2D eigenvalue weighted by Crippen LogP contribution is 2.16. The van der Waals surface area contributed by atoms with E-state index < -0.39 is 30.2 Å². The van der Waals surface area contributed by atoms with Crippen LogP contribution in [-0.2, 0) is 28.7 Å². The molecule has 11 heteroatoms. The van der Waals surface area contributed by atoms with Crippen molar-refractivity contribution in [3.8, 4) is 0 Å². The lowest BCUT2D eigenvalue weighted by Gasteiger charge is -2.22. The number of hydroxylamine groups is 2. The van der Waals surface area contributed by atoms with Crippen LogP contribution in [0.5, 0.6) is 0 Å². The molecule has 2 rings (SSSR count). The molecule has 0 bridgehead atoms. The maximum Gasteiger partial charge on any atom is 0.537 e. The van der Waals surface area contributed by atoms with Gasteiger partial charge in [-0.25, -0.2) is 9.59 Å². The fourth-order valence-electron chi connectivity index (χ4n) is 2.93. The number of nitrogens with one attached hydrogen (secondary N) is 2. The molecule has 2 heterocycles. The van der Waals surface area contributed by atoms with Crippen LogP contribution < -0.4 is 10.6 Å². The Kier molecular flexibility index (Phi) is 7.80. The fourth-order valence-corrected chi connectivity index (χ4v) is 2.93. The Bertz CT molecular complexity index is 649. The molecule has 3 atom stereocenters. The highest BCUT2D eigenvalue weighted by Gasteiger charge is 2.35. The molecule has 2 aliphatic heterocycles. The SMILES string of the molecule is CC(C)C(OC(=O)CCCCC1NC(=O)NC1C)OC(=O)ON1C(=O)CCC1=O. The van der Waals surface area contributed by atoms with Gasteiger partial charge in [0.1, 0.15) is 0 Å². The minimum Gasteiger partial charge on any atom is -0.425 e. The van der Waals surface area contributed by atoms with Crippen molar-refractivity contribution in [3.05, 3.63) is 0 Å². The number of nitrogens with zero attached hydrogens (tertiary/aromatic N) is 1. The number of rotatable bonds is 9. The van der Waals surface area contributed by atoms with Gasteiger partial charge < -0.3 is 20.1 Å². The Morgan fingerprint density at radius 2 is 1.72 bits per heavy atom. The maximum absolute atomic E-state index is 12.0. The summed E-state index contributed by atoms with van der Waals surface area (Å²) in [5, 5.41) is 5.92. The molecule has 29 heavy (non-hydrogen) atoms. The van der Waals surface area contributed by atoms with Crippen molar-refractivity contribution in [2.24, 2.45) is 5.92 Å². The standard InChI is InChI=1S/C18H27N3O8/c1-10(2)16(28-18(26)29-21-13(22)8-9-14(21)23)27-15(24)7-5-4-6-12-11(3)19-17(25)20-12/h10-12,16H,4-9H2,1-3H3,(H2,19,20,25). The summed E-state index contributed by atoms with van der Waals surface area (Å²) in [5.41, 5.74) is 0. The van der Waals surface area contributed by atoms with Gasteiger partial charge in [-0.3, -0.25) is 19.2 Å². The van der Waals surface area contributed by atoms with Gasteiger partial charge in [0.2, 0.25) is 0 Å². The third kappa shape index (κ3) is 6.61. The smallest absolute Gasteiger partial charge is 0.425 e. The number of esters is 1. The third-order valence-corrected chi connectivity index (χ3v) is 4.60. The number of ether oxygens (including phenoxy) is 2. The zero-order valence-electron chi connectivity index (χ0n) is 16.8. The van der Waals surface area contributed by atoms with E-state index in [2.05, 4.69) is 15.5 Å². The van der Waals surface area contributed by atoms with Crippen LogP contribution in [0.4, 0.5) is 9.59 Å².